The first kappa shape index (κ1) is 13.2. The summed E-state index contributed by atoms with van der Waals surface area (Å²) in [5, 5.41) is 0. The summed E-state index contributed by atoms with van der Waals surface area (Å²) in [5.41, 5.74) is 0.449. The van der Waals surface area contributed by atoms with Crippen molar-refractivity contribution >= 4 is 5.78 Å². The Balaban J connectivity index is 1.64. The highest BCUT2D eigenvalue weighted by atomic mass is 19.1. The van der Waals surface area contributed by atoms with E-state index in [0.29, 0.717) is 12.2 Å². The molecule has 0 aromatic heterocycles. The minimum atomic E-state index is -0.319. The molecule has 1 fully saturated rings. The van der Waals surface area contributed by atoms with Gasteiger partial charge in [0.05, 0.1) is 0 Å². The molecule has 0 amide bonds. The molecule has 1 aromatic carbocycles. The third-order valence-electron chi connectivity index (χ3n) is 3.50. The Morgan fingerprint density at radius 3 is 2.78 bits per heavy atom. The molecule has 0 N–H and O–H groups in total. The summed E-state index contributed by atoms with van der Waals surface area (Å²) >= 11 is 0. The number of Topliss-reactive ketones (excluding diaryl/α,β-unsaturated/α-hetero) is 1. The van der Waals surface area contributed by atoms with Crippen LogP contribution in [-0.2, 0) is 16.0 Å². The summed E-state index contributed by atoms with van der Waals surface area (Å²) in [6.07, 6.45) is 5.10. The summed E-state index contributed by atoms with van der Waals surface area (Å²) in [6.45, 7) is 0.745. The van der Waals surface area contributed by atoms with Gasteiger partial charge in [0.25, 0.3) is 0 Å². The molecule has 18 heavy (non-hydrogen) atoms. The summed E-state index contributed by atoms with van der Waals surface area (Å²) in [6, 6.07) is 6.38. The van der Waals surface area contributed by atoms with Gasteiger partial charge in [-0.05, 0) is 24.0 Å². The van der Waals surface area contributed by atoms with Gasteiger partial charge in [-0.1, -0.05) is 37.5 Å². The SMILES string of the molecule is O=C(COCCC1CCC1)Cc1ccccc1F. The van der Waals surface area contributed by atoms with E-state index in [-0.39, 0.29) is 24.6 Å². The quantitative estimate of drug-likeness (QED) is 0.695. The molecule has 0 atom stereocenters. The standard InChI is InChI=1S/C15H19FO2/c16-15-7-2-1-6-13(15)10-14(17)11-18-9-8-12-4-3-5-12/h1-2,6-7,12H,3-5,8-11H2. The fourth-order valence-corrected chi connectivity index (χ4v) is 2.12. The number of hydrogen-bond acceptors (Lipinski definition) is 2. The van der Waals surface area contributed by atoms with Gasteiger partial charge in [0.1, 0.15) is 12.4 Å². The van der Waals surface area contributed by atoms with Gasteiger partial charge in [-0.25, -0.2) is 4.39 Å². The number of ketones is 1. The summed E-state index contributed by atoms with van der Waals surface area (Å²) < 4.78 is 18.6. The average Bonchev–Trinajstić information content (AvgIpc) is 2.29. The van der Waals surface area contributed by atoms with Crippen LogP contribution in [0.2, 0.25) is 0 Å². The summed E-state index contributed by atoms with van der Waals surface area (Å²) in [4.78, 5) is 11.6. The topological polar surface area (TPSA) is 26.3 Å². The van der Waals surface area contributed by atoms with E-state index < -0.39 is 0 Å². The van der Waals surface area contributed by atoms with Crippen LogP contribution < -0.4 is 0 Å². The summed E-state index contributed by atoms with van der Waals surface area (Å²) in [5.74, 6) is 0.417. The van der Waals surface area contributed by atoms with Crippen LogP contribution >= 0.6 is 0 Å². The molecule has 0 aliphatic heterocycles. The minimum Gasteiger partial charge on any atom is -0.374 e. The van der Waals surface area contributed by atoms with Crippen LogP contribution in [0.4, 0.5) is 4.39 Å². The van der Waals surface area contributed by atoms with Gasteiger partial charge in [-0.3, -0.25) is 4.79 Å². The second kappa shape index (κ2) is 6.64. The van der Waals surface area contributed by atoms with Crippen LogP contribution in [0.3, 0.4) is 0 Å². The molecule has 0 heterocycles. The lowest BCUT2D eigenvalue weighted by molar-refractivity contribution is -0.123. The van der Waals surface area contributed by atoms with Gasteiger partial charge in [0.2, 0.25) is 0 Å². The first-order valence-corrected chi connectivity index (χ1v) is 6.58. The van der Waals surface area contributed by atoms with Crippen molar-refractivity contribution in [3.63, 3.8) is 0 Å². The van der Waals surface area contributed by atoms with E-state index in [0.717, 1.165) is 12.3 Å². The Morgan fingerprint density at radius 1 is 1.33 bits per heavy atom. The first-order valence-electron chi connectivity index (χ1n) is 6.58. The molecule has 2 rings (SSSR count). The first-order chi connectivity index (χ1) is 8.75. The third kappa shape index (κ3) is 3.91. The monoisotopic (exact) mass is 250 g/mol. The van der Waals surface area contributed by atoms with Crippen molar-refractivity contribution < 1.29 is 13.9 Å². The predicted molar refractivity (Wildman–Crippen MR) is 67.9 cm³/mol. The zero-order valence-corrected chi connectivity index (χ0v) is 10.5. The highest BCUT2D eigenvalue weighted by molar-refractivity contribution is 5.82. The molecular weight excluding hydrogens is 231 g/mol. The smallest absolute Gasteiger partial charge is 0.162 e. The lowest BCUT2D eigenvalue weighted by atomic mass is 9.83. The number of halogens is 1. The van der Waals surface area contributed by atoms with E-state index in [1.54, 1.807) is 18.2 Å². The van der Waals surface area contributed by atoms with Crippen molar-refractivity contribution in [2.24, 2.45) is 5.92 Å². The maximum Gasteiger partial charge on any atom is 0.162 e. The average molecular weight is 250 g/mol. The Labute approximate surface area is 107 Å². The molecule has 1 aromatic rings. The van der Waals surface area contributed by atoms with Crippen LogP contribution in [0.15, 0.2) is 24.3 Å². The van der Waals surface area contributed by atoms with Crippen molar-refractivity contribution in [2.45, 2.75) is 32.1 Å². The second-order valence-electron chi connectivity index (χ2n) is 4.95. The number of carbonyl (C=O) groups excluding carboxylic acids is 1. The van der Waals surface area contributed by atoms with Crippen LogP contribution in [-0.4, -0.2) is 19.0 Å². The molecular formula is C15H19FO2. The highest BCUT2D eigenvalue weighted by Gasteiger charge is 2.16. The number of ether oxygens (including phenoxy) is 1. The predicted octanol–water partition coefficient (Wildman–Crippen LogP) is 3.14. The van der Waals surface area contributed by atoms with E-state index in [1.807, 2.05) is 0 Å². The fraction of sp³-hybridized carbons (Fsp3) is 0.533. The van der Waals surface area contributed by atoms with Gasteiger partial charge in [0, 0.05) is 13.0 Å². The maximum absolute atomic E-state index is 13.3. The molecule has 98 valence electrons. The lowest BCUT2D eigenvalue weighted by Crippen LogP contribution is -2.17. The lowest BCUT2D eigenvalue weighted by Gasteiger charge is -2.24. The second-order valence-corrected chi connectivity index (χ2v) is 4.95. The van der Waals surface area contributed by atoms with Crippen molar-refractivity contribution in [1.29, 1.82) is 0 Å². The van der Waals surface area contributed by atoms with Crippen molar-refractivity contribution in [3.8, 4) is 0 Å². The van der Waals surface area contributed by atoms with Crippen LogP contribution in [0.25, 0.3) is 0 Å². The van der Waals surface area contributed by atoms with Crippen molar-refractivity contribution in [1.82, 2.24) is 0 Å². The molecule has 0 radical (unpaired) electrons. The van der Waals surface area contributed by atoms with Crippen LogP contribution in [0.5, 0.6) is 0 Å². The van der Waals surface area contributed by atoms with E-state index >= 15 is 0 Å². The number of carbonyl (C=O) groups is 1. The molecule has 0 spiro atoms. The Bertz CT molecular complexity index is 399. The van der Waals surface area contributed by atoms with Crippen molar-refractivity contribution in [2.75, 3.05) is 13.2 Å². The fourth-order valence-electron chi connectivity index (χ4n) is 2.12. The molecule has 1 aliphatic carbocycles. The molecule has 1 aliphatic rings. The zero-order chi connectivity index (χ0) is 12.8. The molecule has 0 unspecified atom stereocenters. The Morgan fingerprint density at radius 2 is 2.11 bits per heavy atom. The van der Waals surface area contributed by atoms with E-state index in [2.05, 4.69) is 0 Å². The number of hydrogen-bond donors (Lipinski definition) is 0. The largest absolute Gasteiger partial charge is 0.374 e. The molecule has 3 heteroatoms. The van der Waals surface area contributed by atoms with Gasteiger partial charge in [-0.2, -0.15) is 0 Å². The van der Waals surface area contributed by atoms with E-state index in [9.17, 15) is 9.18 Å². The molecule has 1 saturated carbocycles. The van der Waals surface area contributed by atoms with E-state index in [1.165, 1.54) is 25.3 Å². The van der Waals surface area contributed by atoms with Gasteiger partial charge < -0.3 is 4.74 Å². The normalized spacial score (nSPS) is 15.4. The van der Waals surface area contributed by atoms with Crippen LogP contribution in [0, 0.1) is 11.7 Å². The zero-order valence-electron chi connectivity index (χ0n) is 10.5. The molecule has 0 saturated heterocycles. The van der Waals surface area contributed by atoms with E-state index in [4.69, 9.17) is 4.74 Å². The van der Waals surface area contributed by atoms with Crippen LogP contribution in [0.1, 0.15) is 31.2 Å². The Kier molecular flexibility index (Phi) is 4.88. The number of benzene rings is 1. The molecule has 0 bridgehead atoms. The minimum absolute atomic E-state index is 0.0614. The highest BCUT2D eigenvalue weighted by Crippen LogP contribution is 2.29. The van der Waals surface area contributed by atoms with Gasteiger partial charge in [0.15, 0.2) is 5.78 Å². The molecule has 2 nitrogen and oxygen atoms in total. The summed E-state index contributed by atoms with van der Waals surface area (Å²) in [7, 11) is 0. The van der Waals surface area contributed by atoms with Gasteiger partial charge in [-0.15, -0.1) is 0 Å². The van der Waals surface area contributed by atoms with Gasteiger partial charge >= 0.3 is 0 Å². The van der Waals surface area contributed by atoms with Crippen molar-refractivity contribution in [3.05, 3.63) is 35.6 Å². The number of rotatable bonds is 7. The Hall–Kier alpha value is -1.22. The maximum atomic E-state index is 13.3. The third-order valence-corrected chi connectivity index (χ3v) is 3.50.